The van der Waals surface area contributed by atoms with E-state index in [2.05, 4.69) is 17.0 Å². The molecule has 33 heavy (non-hydrogen) atoms. The molecule has 172 valence electrons. The molecule has 1 heterocycles. The van der Waals surface area contributed by atoms with Crippen LogP contribution in [0.2, 0.25) is 0 Å². The molecule has 0 saturated carbocycles. The molecule has 1 aliphatic rings. The standard InChI is InChI=1S/C25H27N3O4S/c1-26(33(30,31)24-14-12-23(32-2)13-15-24)21-10-8-20(9-11-21)25(29)28-18-16-27(17-19-28)22-6-4-3-5-7-22/h3-15H,16-19H2,1-2H3. The fourth-order valence-corrected chi connectivity index (χ4v) is 5.04. The molecule has 1 fully saturated rings. The van der Waals surface area contributed by atoms with Crippen LogP contribution < -0.4 is 13.9 Å². The lowest BCUT2D eigenvalue weighted by molar-refractivity contribution is 0.0747. The highest BCUT2D eigenvalue weighted by atomic mass is 32.2. The summed E-state index contributed by atoms with van der Waals surface area (Å²) in [5, 5.41) is 0. The molecule has 4 rings (SSSR count). The number of piperazine rings is 1. The minimum atomic E-state index is -3.73. The van der Waals surface area contributed by atoms with Gasteiger partial charge in [-0.1, -0.05) is 18.2 Å². The predicted octanol–water partition coefficient (Wildman–Crippen LogP) is 3.48. The first-order chi connectivity index (χ1) is 15.9. The van der Waals surface area contributed by atoms with E-state index in [1.54, 1.807) is 36.4 Å². The SMILES string of the molecule is COc1ccc(S(=O)(=O)N(C)c2ccc(C(=O)N3CCN(c4ccccc4)CC3)cc2)cc1. The van der Waals surface area contributed by atoms with Crippen LogP contribution >= 0.6 is 0 Å². The fourth-order valence-electron chi connectivity index (χ4n) is 3.85. The molecule has 0 atom stereocenters. The van der Waals surface area contributed by atoms with Crippen molar-refractivity contribution in [3.8, 4) is 5.75 Å². The van der Waals surface area contributed by atoms with Crippen molar-refractivity contribution in [2.75, 3.05) is 49.5 Å². The van der Waals surface area contributed by atoms with Crippen molar-refractivity contribution in [2.24, 2.45) is 0 Å². The molecule has 8 heteroatoms. The van der Waals surface area contributed by atoms with Crippen LogP contribution in [0, 0.1) is 0 Å². The van der Waals surface area contributed by atoms with Crippen LogP contribution in [0.3, 0.4) is 0 Å². The number of hydrogen-bond donors (Lipinski definition) is 0. The lowest BCUT2D eigenvalue weighted by Gasteiger charge is -2.36. The fraction of sp³-hybridized carbons (Fsp3) is 0.240. The van der Waals surface area contributed by atoms with Gasteiger partial charge in [-0.25, -0.2) is 8.42 Å². The quantitative estimate of drug-likeness (QED) is 0.558. The van der Waals surface area contributed by atoms with E-state index in [0.29, 0.717) is 30.1 Å². The van der Waals surface area contributed by atoms with Crippen molar-refractivity contribution in [1.29, 1.82) is 0 Å². The maximum atomic E-state index is 13.0. The number of anilines is 2. The summed E-state index contributed by atoms with van der Waals surface area (Å²) in [5.74, 6) is 0.541. The Kier molecular flexibility index (Phi) is 6.55. The summed E-state index contributed by atoms with van der Waals surface area (Å²) in [7, 11) is -0.698. The molecule has 1 aliphatic heterocycles. The summed E-state index contributed by atoms with van der Waals surface area (Å²) in [6.45, 7) is 2.83. The number of para-hydroxylation sites is 1. The number of sulfonamides is 1. The van der Waals surface area contributed by atoms with Crippen molar-refractivity contribution in [1.82, 2.24) is 4.90 Å². The summed E-state index contributed by atoms with van der Waals surface area (Å²) in [4.78, 5) is 17.2. The number of rotatable bonds is 6. The number of carbonyl (C=O) groups is 1. The molecule has 0 spiro atoms. The number of amides is 1. The molecule has 3 aromatic rings. The zero-order valence-electron chi connectivity index (χ0n) is 18.7. The highest BCUT2D eigenvalue weighted by Crippen LogP contribution is 2.25. The van der Waals surface area contributed by atoms with Gasteiger partial charge >= 0.3 is 0 Å². The number of carbonyl (C=O) groups excluding carboxylic acids is 1. The van der Waals surface area contributed by atoms with Gasteiger partial charge in [-0.15, -0.1) is 0 Å². The molecule has 1 saturated heterocycles. The predicted molar refractivity (Wildman–Crippen MR) is 130 cm³/mol. The minimum absolute atomic E-state index is 0.0464. The molecule has 1 amide bonds. The van der Waals surface area contributed by atoms with E-state index < -0.39 is 10.0 Å². The van der Waals surface area contributed by atoms with Gasteiger partial charge in [-0.3, -0.25) is 9.10 Å². The molecule has 0 N–H and O–H groups in total. The van der Waals surface area contributed by atoms with Gasteiger partial charge in [0, 0.05) is 44.5 Å². The summed E-state index contributed by atoms with van der Waals surface area (Å²) < 4.78 is 32.2. The summed E-state index contributed by atoms with van der Waals surface area (Å²) in [5.41, 5.74) is 2.19. The molecule has 0 bridgehead atoms. The third-order valence-electron chi connectivity index (χ3n) is 5.88. The Morgan fingerprint density at radius 3 is 2.03 bits per heavy atom. The Labute approximate surface area is 194 Å². The second-order valence-electron chi connectivity index (χ2n) is 7.81. The van der Waals surface area contributed by atoms with Gasteiger partial charge in [0.25, 0.3) is 15.9 Å². The van der Waals surface area contributed by atoms with Crippen molar-refractivity contribution in [2.45, 2.75) is 4.90 Å². The molecule has 0 unspecified atom stereocenters. The maximum Gasteiger partial charge on any atom is 0.264 e. The number of hydrogen-bond acceptors (Lipinski definition) is 5. The molecule has 0 aliphatic carbocycles. The Balaban J connectivity index is 1.41. The summed E-state index contributed by atoms with van der Waals surface area (Å²) in [6, 6.07) is 23.1. The largest absolute Gasteiger partial charge is 0.497 e. The Morgan fingerprint density at radius 1 is 0.848 bits per heavy atom. The average Bonchev–Trinajstić information content (AvgIpc) is 2.88. The van der Waals surface area contributed by atoms with Gasteiger partial charge < -0.3 is 14.5 Å². The van der Waals surface area contributed by atoms with Gasteiger partial charge in [-0.05, 0) is 60.7 Å². The van der Waals surface area contributed by atoms with Gasteiger partial charge in [0.05, 0.1) is 17.7 Å². The van der Waals surface area contributed by atoms with Crippen LogP contribution in [0.4, 0.5) is 11.4 Å². The van der Waals surface area contributed by atoms with Crippen LogP contribution in [0.15, 0.2) is 83.8 Å². The van der Waals surface area contributed by atoms with Crippen LogP contribution in [-0.4, -0.2) is 59.6 Å². The van der Waals surface area contributed by atoms with E-state index in [4.69, 9.17) is 4.74 Å². The zero-order valence-corrected chi connectivity index (χ0v) is 19.5. The van der Waals surface area contributed by atoms with E-state index in [9.17, 15) is 13.2 Å². The molecule has 0 radical (unpaired) electrons. The average molecular weight is 466 g/mol. The molecule has 3 aromatic carbocycles. The Hall–Kier alpha value is -3.52. The highest BCUT2D eigenvalue weighted by Gasteiger charge is 2.24. The van der Waals surface area contributed by atoms with Crippen LogP contribution in [0.25, 0.3) is 0 Å². The van der Waals surface area contributed by atoms with Crippen molar-refractivity contribution >= 4 is 27.3 Å². The van der Waals surface area contributed by atoms with Crippen molar-refractivity contribution in [3.63, 3.8) is 0 Å². The second-order valence-corrected chi connectivity index (χ2v) is 9.78. The lowest BCUT2D eigenvalue weighted by Crippen LogP contribution is -2.48. The van der Waals surface area contributed by atoms with Crippen LogP contribution in [0.1, 0.15) is 10.4 Å². The minimum Gasteiger partial charge on any atom is -0.497 e. The van der Waals surface area contributed by atoms with Gasteiger partial charge in [0.1, 0.15) is 5.75 Å². The Morgan fingerprint density at radius 2 is 1.45 bits per heavy atom. The van der Waals surface area contributed by atoms with Crippen LogP contribution in [-0.2, 0) is 10.0 Å². The summed E-state index contributed by atoms with van der Waals surface area (Å²) in [6.07, 6.45) is 0. The molecule has 0 aromatic heterocycles. The normalized spacial score (nSPS) is 14.1. The van der Waals surface area contributed by atoms with E-state index in [0.717, 1.165) is 18.8 Å². The van der Waals surface area contributed by atoms with Gasteiger partial charge in [0.15, 0.2) is 0 Å². The van der Waals surface area contributed by atoms with E-state index in [1.807, 2.05) is 23.1 Å². The maximum absolute atomic E-state index is 13.0. The number of methoxy groups -OCH3 is 1. The third kappa shape index (κ3) is 4.80. The van der Waals surface area contributed by atoms with Gasteiger partial charge in [-0.2, -0.15) is 0 Å². The molecule has 7 nitrogen and oxygen atoms in total. The second kappa shape index (κ2) is 9.54. The topological polar surface area (TPSA) is 70.2 Å². The third-order valence-corrected chi connectivity index (χ3v) is 7.68. The number of benzene rings is 3. The smallest absolute Gasteiger partial charge is 0.264 e. The molecular formula is C25H27N3O4S. The zero-order chi connectivity index (χ0) is 23.4. The number of nitrogens with zero attached hydrogens (tertiary/aromatic N) is 3. The van der Waals surface area contributed by atoms with Gasteiger partial charge in [0.2, 0.25) is 0 Å². The summed E-state index contributed by atoms with van der Waals surface area (Å²) >= 11 is 0. The first kappa shape index (κ1) is 22.7. The first-order valence-corrected chi connectivity index (χ1v) is 12.2. The lowest BCUT2D eigenvalue weighted by atomic mass is 10.1. The monoisotopic (exact) mass is 465 g/mol. The van der Waals surface area contributed by atoms with Crippen molar-refractivity contribution in [3.05, 3.63) is 84.4 Å². The Bertz CT molecular complexity index is 1190. The van der Waals surface area contributed by atoms with E-state index >= 15 is 0 Å². The molecular weight excluding hydrogens is 438 g/mol. The highest BCUT2D eigenvalue weighted by molar-refractivity contribution is 7.92. The van der Waals surface area contributed by atoms with E-state index in [1.165, 1.54) is 30.6 Å². The van der Waals surface area contributed by atoms with Crippen LogP contribution in [0.5, 0.6) is 5.75 Å². The van der Waals surface area contributed by atoms with Crippen molar-refractivity contribution < 1.29 is 17.9 Å². The number of ether oxygens (including phenoxy) is 1. The first-order valence-electron chi connectivity index (χ1n) is 10.7. The van der Waals surface area contributed by atoms with E-state index in [-0.39, 0.29) is 10.8 Å².